The summed E-state index contributed by atoms with van der Waals surface area (Å²) in [6.07, 6.45) is 1.81. The van der Waals surface area contributed by atoms with Gasteiger partial charge in [-0.3, -0.25) is 9.48 Å². The molecule has 122 valence electrons. The smallest absolute Gasteiger partial charge is 0.260 e. The molecule has 0 aliphatic rings. The van der Waals surface area contributed by atoms with Crippen molar-refractivity contribution in [3.8, 4) is 5.75 Å². The molecule has 24 heavy (non-hydrogen) atoms. The van der Waals surface area contributed by atoms with Gasteiger partial charge in [-0.25, -0.2) is 0 Å². The Labute approximate surface area is 144 Å². The van der Waals surface area contributed by atoms with Crippen LogP contribution in [0.1, 0.15) is 15.9 Å². The first kappa shape index (κ1) is 16.1. The second-order valence-electron chi connectivity index (χ2n) is 5.18. The molecule has 0 saturated heterocycles. The van der Waals surface area contributed by atoms with Gasteiger partial charge in [-0.2, -0.15) is 5.10 Å². The number of hydrogen-bond acceptors (Lipinski definition) is 3. The molecule has 0 unspecified atom stereocenters. The number of anilines is 1. The number of carbonyl (C=O) groups excluding carboxylic acids is 1. The standard InChI is InChI=1S/C18H16ClN3O2/c1-24-16-5-3-2-4-15(16)18(23)20-17-10-11-22(21-17)12-13-6-8-14(19)9-7-13/h2-11H,12H2,1H3,(H,20,21,23). The number of ether oxygens (including phenoxy) is 1. The number of amides is 1. The molecule has 3 rings (SSSR count). The molecule has 1 heterocycles. The number of methoxy groups -OCH3 is 1. The second-order valence-corrected chi connectivity index (χ2v) is 5.62. The molecule has 0 fully saturated rings. The van der Waals surface area contributed by atoms with Gasteiger partial charge in [-0.05, 0) is 29.8 Å². The number of rotatable bonds is 5. The van der Waals surface area contributed by atoms with Gasteiger partial charge in [0.2, 0.25) is 0 Å². The number of nitrogens with one attached hydrogen (secondary N) is 1. The summed E-state index contributed by atoms with van der Waals surface area (Å²) in [6.45, 7) is 0.599. The highest BCUT2D eigenvalue weighted by Crippen LogP contribution is 2.18. The van der Waals surface area contributed by atoms with E-state index >= 15 is 0 Å². The average Bonchev–Trinajstić information content (AvgIpc) is 3.03. The van der Waals surface area contributed by atoms with Gasteiger partial charge in [0.15, 0.2) is 5.82 Å². The molecule has 0 atom stereocenters. The van der Waals surface area contributed by atoms with Gasteiger partial charge in [0.25, 0.3) is 5.91 Å². The van der Waals surface area contributed by atoms with Crippen LogP contribution in [0.25, 0.3) is 0 Å². The lowest BCUT2D eigenvalue weighted by Crippen LogP contribution is -2.14. The van der Waals surface area contributed by atoms with E-state index in [4.69, 9.17) is 16.3 Å². The first-order valence-corrected chi connectivity index (χ1v) is 7.76. The summed E-state index contributed by atoms with van der Waals surface area (Å²) < 4.78 is 6.95. The fourth-order valence-corrected chi connectivity index (χ4v) is 2.44. The zero-order chi connectivity index (χ0) is 16.9. The number of nitrogens with zero attached hydrogens (tertiary/aromatic N) is 2. The Morgan fingerprint density at radius 1 is 1.17 bits per heavy atom. The molecule has 0 aliphatic heterocycles. The van der Waals surface area contributed by atoms with Crippen LogP contribution < -0.4 is 10.1 Å². The molecule has 1 N–H and O–H groups in total. The number of para-hydroxylation sites is 1. The van der Waals surface area contributed by atoms with Crippen molar-refractivity contribution in [3.63, 3.8) is 0 Å². The maximum absolute atomic E-state index is 12.3. The topological polar surface area (TPSA) is 56.1 Å². The third-order valence-electron chi connectivity index (χ3n) is 3.49. The first-order valence-electron chi connectivity index (χ1n) is 7.38. The minimum absolute atomic E-state index is 0.260. The summed E-state index contributed by atoms with van der Waals surface area (Å²) in [5, 5.41) is 7.83. The maximum Gasteiger partial charge on any atom is 0.260 e. The highest BCUT2D eigenvalue weighted by Gasteiger charge is 2.12. The molecule has 0 aliphatic carbocycles. The Balaban J connectivity index is 1.69. The van der Waals surface area contributed by atoms with E-state index in [1.54, 1.807) is 28.9 Å². The molecular weight excluding hydrogens is 326 g/mol. The summed E-state index contributed by atoms with van der Waals surface area (Å²) in [4.78, 5) is 12.3. The van der Waals surface area contributed by atoms with Crippen molar-refractivity contribution in [1.29, 1.82) is 0 Å². The van der Waals surface area contributed by atoms with Gasteiger partial charge in [-0.1, -0.05) is 35.9 Å². The van der Waals surface area contributed by atoms with Crippen LogP contribution in [-0.4, -0.2) is 22.8 Å². The van der Waals surface area contributed by atoms with Crippen molar-refractivity contribution in [2.75, 3.05) is 12.4 Å². The quantitative estimate of drug-likeness (QED) is 0.767. The zero-order valence-corrected chi connectivity index (χ0v) is 13.8. The SMILES string of the molecule is COc1ccccc1C(=O)Nc1ccn(Cc2ccc(Cl)cc2)n1. The van der Waals surface area contributed by atoms with E-state index in [0.717, 1.165) is 5.56 Å². The Morgan fingerprint density at radius 3 is 2.67 bits per heavy atom. The molecule has 5 nitrogen and oxygen atoms in total. The van der Waals surface area contributed by atoms with Gasteiger partial charge >= 0.3 is 0 Å². The average molecular weight is 342 g/mol. The van der Waals surface area contributed by atoms with E-state index in [9.17, 15) is 4.79 Å². The van der Waals surface area contributed by atoms with Gasteiger partial charge < -0.3 is 10.1 Å². The number of carbonyl (C=O) groups is 1. The van der Waals surface area contributed by atoms with Crippen LogP contribution in [0.3, 0.4) is 0 Å². The van der Waals surface area contributed by atoms with Crippen LogP contribution in [0.4, 0.5) is 5.82 Å². The fourth-order valence-electron chi connectivity index (χ4n) is 2.31. The van der Waals surface area contributed by atoms with Crippen molar-refractivity contribution in [3.05, 3.63) is 76.9 Å². The molecule has 0 radical (unpaired) electrons. The fraction of sp³-hybridized carbons (Fsp3) is 0.111. The monoisotopic (exact) mass is 341 g/mol. The van der Waals surface area contributed by atoms with E-state index in [-0.39, 0.29) is 5.91 Å². The van der Waals surface area contributed by atoms with Gasteiger partial charge in [0, 0.05) is 17.3 Å². The van der Waals surface area contributed by atoms with Gasteiger partial charge in [0.1, 0.15) is 5.75 Å². The Bertz CT molecular complexity index is 843. The summed E-state index contributed by atoms with van der Waals surface area (Å²) in [5.74, 6) is 0.750. The van der Waals surface area contributed by atoms with Crippen molar-refractivity contribution >= 4 is 23.3 Å². The van der Waals surface area contributed by atoms with Gasteiger partial charge in [0.05, 0.1) is 19.2 Å². The molecule has 1 aromatic heterocycles. The highest BCUT2D eigenvalue weighted by molar-refractivity contribution is 6.30. The Morgan fingerprint density at radius 2 is 1.92 bits per heavy atom. The molecule has 1 amide bonds. The Kier molecular flexibility index (Phi) is 4.82. The number of hydrogen-bond donors (Lipinski definition) is 1. The molecule has 6 heteroatoms. The van der Waals surface area contributed by atoms with Crippen LogP contribution in [0.2, 0.25) is 5.02 Å². The van der Waals surface area contributed by atoms with E-state index < -0.39 is 0 Å². The molecule has 0 spiro atoms. The van der Waals surface area contributed by atoms with Crippen molar-refractivity contribution in [2.45, 2.75) is 6.54 Å². The van der Waals surface area contributed by atoms with Crippen LogP contribution in [0, 0.1) is 0 Å². The lowest BCUT2D eigenvalue weighted by Gasteiger charge is -2.07. The van der Waals surface area contributed by atoms with Crippen molar-refractivity contribution in [2.24, 2.45) is 0 Å². The summed E-state index contributed by atoms with van der Waals surface area (Å²) in [5.41, 5.74) is 1.54. The minimum atomic E-state index is -0.260. The Hall–Kier alpha value is -2.79. The third-order valence-corrected chi connectivity index (χ3v) is 3.74. The summed E-state index contributed by atoms with van der Waals surface area (Å²) in [7, 11) is 1.53. The maximum atomic E-state index is 12.3. The van der Waals surface area contributed by atoms with Crippen LogP contribution in [-0.2, 0) is 6.54 Å². The van der Waals surface area contributed by atoms with Crippen LogP contribution in [0.5, 0.6) is 5.75 Å². The summed E-state index contributed by atoms with van der Waals surface area (Å²) >= 11 is 5.88. The number of benzene rings is 2. The van der Waals surface area contributed by atoms with E-state index in [1.165, 1.54) is 7.11 Å². The predicted molar refractivity (Wildman–Crippen MR) is 93.7 cm³/mol. The third kappa shape index (κ3) is 3.75. The number of aromatic nitrogens is 2. The van der Waals surface area contributed by atoms with Crippen molar-refractivity contribution < 1.29 is 9.53 Å². The molecule has 0 saturated carbocycles. The van der Waals surface area contributed by atoms with Crippen LogP contribution in [0.15, 0.2) is 60.8 Å². The molecule has 3 aromatic rings. The highest BCUT2D eigenvalue weighted by atomic mass is 35.5. The predicted octanol–water partition coefficient (Wildman–Crippen LogP) is 3.85. The largest absolute Gasteiger partial charge is 0.496 e. The van der Waals surface area contributed by atoms with Gasteiger partial charge in [-0.15, -0.1) is 0 Å². The molecular formula is C18H16ClN3O2. The van der Waals surface area contributed by atoms with E-state index in [1.807, 2.05) is 36.5 Å². The normalized spacial score (nSPS) is 10.4. The lowest BCUT2D eigenvalue weighted by molar-refractivity contribution is 0.102. The zero-order valence-electron chi connectivity index (χ0n) is 13.1. The molecule has 2 aromatic carbocycles. The van der Waals surface area contributed by atoms with E-state index in [0.29, 0.717) is 28.7 Å². The van der Waals surface area contributed by atoms with Crippen LogP contribution >= 0.6 is 11.6 Å². The molecule has 0 bridgehead atoms. The summed E-state index contributed by atoms with van der Waals surface area (Å²) in [6, 6.07) is 16.4. The lowest BCUT2D eigenvalue weighted by atomic mass is 10.2. The van der Waals surface area contributed by atoms with Crippen molar-refractivity contribution in [1.82, 2.24) is 9.78 Å². The number of halogens is 1. The van der Waals surface area contributed by atoms with E-state index in [2.05, 4.69) is 10.4 Å². The first-order chi connectivity index (χ1) is 11.7. The second kappa shape index (κ2) is 7.19. The minimum Gasteiger partial charge on any atom is -0.496 e.